The van der Waals surface area contributed by atoms with Gasteiger partial charge >= 0.3 is 0 Å². The van der Waals surface area contributed by atoms with Crippen molar-refractivity contribution in [2.75, 3.05) is 5.32 Å². The maximum absolute atomic E-state index is 12.8. The van der Waals surface area contributed by atoms with Crippen LogP contribution >= 0.6 is 11.3 Å². The van der Waals surface area contributed by atoms with Crippen molar-refractivity contribution in [1.82, 2.24) is 4.98 Å². The molecule has 0 aliphatic heterocycles. The largest absolute Gasteiger partial charge is 0.357 e. The molecule has 0 aliphatic rings. The standard InChI is InChI=1S/C16H15FN2S/c1-10-7-11(2)15-14(8-10)20-16(19-15)18-9-12-3-5-13(17)6-4-12/h3-8H,9H2,1-2H3,(H,18,19). The van der Waals surface area contributed by atoms with Crippen LogP contribution in [0.2, 0.25) is 0 Å². The van der Waals surface area contributed by atoms with Crippen molar-refractivity contribution in [3.63, 3.8) is 0 Å². The van der Waals surface area contributed by atoms with E-state index >= 15 is 0 Å². The summed E-state index contributed by atoms with van der Waals surface area (Å²) in [6, 6.07) is 10.8. The smallest absolute Gasteiger partial charge is 0.184 e. The second-order valence-corrected chi connectivity index (χ2v) is 5.96. The molecular formula is C16H15FN2S. The number of benzene rings is 2. The number of aromatic nitrogens is 1. The summed E-state index contributed by atoms with van der Waals surface area (Å²) in [7, 11) is 0. The molecule has 4 heteroatoms. The van der Waals surface area contributed by atoms with Gasteiger partial charge in [0.1, 0.15) is 5.82 Å². The third-order valence-corrected chi connectivity index (χ3v) is 4.15. The number of nitrogens with zero attached hydrogens (tertiary/aromatic N) is 1. The van der Waals surface area contributed by atoms with Crippen LogP contribution in [0.4, 0.5) is 9.52 Å². The van der Waals surface area contributed by atoms with Gasteiger partial charge in [-0.1, -0.05) is 29.5 Å². The number of rotatable bonds is 3. The van der Waals surface area contributed by atoms with Crippen LogP contribution < -0.4 is 5.32 Å². The monoisotopic (exact) mass is 286 g/mol. The second kappa shape index (κ2) is 5.21. The van der Waals surface area contributed by atoms with Crippen LogP contribution in [0.25, 0.3) is 10.2 Å². The van der Waals surface area contributed by atoms with E-state index in [4.69, 9.17) is 0 Å². The summed E-state index contributed by atoms with van der Waals surface area (Å²) in [5.41, 5.74) is 4.55. The molecule has 0 radical (unpaired) electrons. The zero-order valence-corrected chi connectivity index (χ0v) is 12.2. The normalized spacial score (nSPS) is 10.9. The van der Waals surface area contributed by atoms with Gasteiger partial charge in [0.05, 0.1) is 10.2 Å². The first-order valence-corrected chi connectivity index (χ1v) is 7.29. The van der Waals surface area contributed by atoms with E-state index in [-0.39, 0.29) is 5.82 Å². The Kier molecular flexibility index (Phi) is 3.40. The van der Waals surface area contributed by atoms with Gasteiger partial charge in [-0.2, -0.15) is 0 Å². The van der Waals surface area contributed by atoms with Gasteiger partial charge in [-0.15, -0.1) is 0 Å². The Morgan fingerprint density at radius 3 is 2.65 bits per heavy atom. The summed E-state index contributed by atoms with van der Waals surface area (Å²) in [4.78, 5) is 4.62. The number of thiazole rings is 1. The highest BCUT2D eigenvalue weighted by molar-refractivity contribution is 7.22. The van der Waals surface area contributed by atoms with E-state index in [0.717, 1.165) is 16.2 Å². The van der Waals surface area contributed by atoms with Crippen LogP contribution in [0, 0.1) is 19.7 Å². The molecule has 0 unspecified atom stereocenters. The third kappa shape index (κ3) is 2.65. The van der Waals surface area contributed by atoms with E-state index in [9.17, 15) is 4.39 Å². The number of hydrogen-bond donors (Lipinski definition) is 1. The van der Waals surface area contributed by atoms with Crippen LogP contribution in [-0.4, -0.2) is 4.98 Å². The molecule has 0 bridgehead atoms. The second-order valence-electron chi connectivity index (χ2n) is 4.93. The van der Waals surface area contributed by atoms with Crippen molar-refractivity contribution in [2.24, 2.45) is 0 Å². The summed E-state index contributed by atoms with van der Waals surface area (Å²) >= 11 is 1.65. The lowest BCUT2D eigenvalue weighted by atomic mass is 10.1. The Morgan fingerprint density at radius 2 is 1.90 bits per heavy atom. The molecular weight excluding hydrogens is 271 g/mol. The predicted octanol–water partition coefficient (Wildman–Crippen LogP) is 4.66. The number of hydrogen-bond acceptors (Lipinski definition) is 3. The van der Waals surface area contributed by atoms with Crippen molar-refractivity contribution in [3.05, 3.63) is 58.9 Å². The summed E-state index contributed by atoms with van der Waals surface area (Å²) in [6.45, 7) is 4.83. The van der Waals surface area contributed by atoms with Crippen LogP contribution in [0.3, 0.4) is 0 Å². The Hall–Kier alpha value is -1.94. The van der Waals surface area contributed by atoms with Crippen molar-refractivity contribution >= 4 is 26.7 Å². The number of aryl methyl sites for hydroxylation is 2. The average molecular weight is 286 g/mol. The average Bonchev–Trinajstić information content (AvgIpc) is 2.81. The van der Waals surface area contributed by atoms with Gasteiger partial charge in [-0.25, -0.2) is 9.37 Å². The van der Waals surface area contributed by atoms with Gasteiger partial charge in [-0.05, 0) is 48.7 Å². The van der Waals surface area contributed by atoms with Gasteiger partial charge in [0, 0.05) is 6.54 Å². The molecule has 0 amide bonds. The molecule has 0 atom stereocenters. The summed E-state index contributed by atoms with van der Waals surface area (Å²) in [6.07, 6.45) is 0. The van der Waals surface area contributed by atoms with Crippen molar-refractivity contribution in [2.45, 2.75) is 20.4 Å². The number of fused-ring (bicyclic) bond motifs is 1. The fourth-order valence-corrected chi connectivity index (χ4v) is 3.26. The molecule has 3 rings (SSSR count). The van der Waals surface area contributed by atoms with Crippen molar-refractivity contribution in [3.8, 4) is 0 Å². The first-order valence-electron chi connectivity index (χ1n) is 6.48. The molecule has 102 valence electrons. The number of nitrogens with one attached hydrogen (secondary N) is 1. The maximum atomic E-state index is 12.8. The Bertz CT molecular complexity index is 747. The van der Waals surface area contributed by atoms with Crippen LogP contribution in [0.15, 0.2) is 36.4 Å². The quantitative estimate of drug-likeness (QED) is 0.757. The minimum Gasteiger partial charge on any atom is -0.357 e. The highest BCUT2D eigenvalue weighted by atomic mass is 32.1. The minimum absolute atomic E-state index is 0.208. The minimum atomic E-state index is -0.208. The molecule has 20 heavy (non-hydrogen) atoms. The van der Waals surface area contributed by atoms with Crippen LogP contribution in [0.1, 0.15) is 16.7 Å². The Morgan fingerprint density at radius 1 is 1.15 bits per heavy atom. The zero-order valence-electron chi connectivity index (χ0n) is 11.4. The van der Waals surface area contributed by atoms with E-state index in [2.05, 4.69) is 36.3 Å². The molecule has 0 saturated heterocycles. The molecule has 1 heterocycles. The molecule has 0 saturated carbocycles. The highest BCUT2D eigenvalue weighted by Gasteiger charge is 2.06. The van der Waals surface area contributed by atoms with Crippen LogP contribution in [0.5, 0.6) is 0 Å². The van der Waals surface area contributed by atoms with Gasteiger partial charge in [0.25, 0.3) is 0 Å². The molecule has 3 aromatic rings. The van der Waals surface area contributed by atoms with Crippen LogP contribution in [-0.2, 0) is 6.54 Å². The Labute approximate surface area is 121 Å². The molecule has 0 fully saturated rings. The first-order chi connectivity index (χ1) is 9.61. The molecule has 0 spiro atoms. The van der Waals surface area contributed by atoms with E-state index in [1.807, 2.05) is 0 Å². The molecule has 2 aromatic carbocycles. The van der Waals surface area contributed by atoms with Gasteiger partial charge < -0.3 is 5.32 Å². The van der Waals surface area contributed by atoms with Crippen molar-refractivity contribution < 1.29 is 4.39 Å². The van der Waals surface area contributed by atoms with Gasteiger partial charge in [0.2, 0.25) is 0 Å². The summed E-state index contributed by atoms with van der Waals surface area (Å²) < 4.78 is 14.0. The maximum Gasteiger partial charge on any atom is 0.184 e. The fraction of sp³-hybridized carbons (Fsp3) is 0.188. The fourth-order valence-electron chi connectivity index (χ4n) is 2.23. The van der Waals surface area contributed by atoms with E-state index in [0.29, 0.717) is 6.54 Å². The van der Waals surface area contributed by atoms with Crippen molar-refractivity contribution in [1.29, 1.82) is 0 Å². The van der Waals surface area contributed by atoms with E-state index in [1.165, 1.54) is 28.0 Å². The Balaban J connectivity index is 1.81. The van der Waals surface area contributed by atoms with Gasteiger partial charge in [0.15, 0.2) is 5.13 Å². The SMILES string of the molecule is Cc1cc(C)c2nc(NCc3ccc(F)cc3)sc2c1. The first kappa shape index (κ1) is 13.1. The predicted molar refractivity (Wildman–Crippen MR) is 82.8 cm³/mol. The van der Waals surface area contributed by atoms with E-state index < -0.39 is 0 Å². The highest BCUT2D eigenvalue weighted by Crippen LogP contribution is 2.29. The number of halogens is 1. The number of anilines is 1. The summed E-state index contributed by atoms with van der Waals surface area (Å²) in [5.74, 6) is -0.208. The molecule has 1 N–H and O–H groups in total. The zero-order chi connectivity index (χ0) is 14.1. The lowest BCUT2D eigenvalue weighted by Crippen LogP contribution is -1.98. The van der Waals surface area contributed by atoms with E-state index in [1.54, 1.807) is 23.5 Å². The third-order valence-electron chi connectivity index (χ3n) is 3.19. The molecule has 2 nitrogen and oxygen atoms in total. The van der Waals surface area contributed by atoms with Gasteiger partial charge in [-0.3, -0.25) is 0 Å². The summed E-state index contributed by atoms with van der Waals surface area (Å²) in [5, 5.41) is 4.20. The topological polar surface area (TPSA) is 24.9 Å². The molecule has 0 aliphatic carbocycles. The lowest BCUT2D eigenvalue weighted by molar-refractivity contribution is 0.627. The lowest BCUT2D eigenvalue weighted by Gasteiger charge is -2.02. The molecule has 1 aromatic heterocycles.